The van der Waals surface area contributed by atoms with Gasteiger partial charge in [0.05, 0.1) is 22.9 Å². The van der Waals surface area contributed by atoms with E-state index >= 15 is 0 Å². The molecule has 0 saturated carbocycles. The zero-order valence-electron chi connectivity index (χ0n) is 15.7. The molecule has 4 aromatic rings. The van der Waals surface area contributed by atoms with E-state index in [4.69, 9.17) is 15.6 Å². The van der Waals surface area contributed by atoms with Crippen LogP contribution in [-0.2, 0) is 0 Å². The highest BCUT2D eigenvalue weighted by atomic mass is 16.5. The van der Waals surface area contributed by atoms with Crippen LogP contribution < -0.4 is 10.5 Å². The average molecular weight is 379 g/mol. The Morgan fingerprint density at radius 2 is 1.83 bits per heavy atom. The lowest BCUT2D eigenvalue weighted by atomic mass is 9.84. The van der Waals surface area contributed by atoms with Crippen molar-refractivity contribution in [2.45, 2.75) is 12.8 Å². The van der Waals surface area contributed by atoms with Gasteiger partial charge in [0.1, 0.15) is 11.6 Å². The van der Waals surface area contributed by atoms with Crippen molar-refractivity contribution in [3.63, 3.8) is 0 Å². The van der Waals surface area contributed by atoms with Crippen LogP contribution in [0.4, 0.5) is 0 Å². The summed E-state index contributed by atoms with van der Waals surface area (Å²) in [6.07, 6.45) is 3.41. The Balaban J connectivity index is 1.73. The second kappa shape index (κ2) is 6.50. The van der Waals surface area contributed by atoms with Gasteiger partial charge in [0, 0.05) is 12.4 Å². The van der Waals surface area contributed by atoms with Crippen LogP contribution in [0.15, 0.2) is 78.4 Å². The summed E-state index contributed by atoms with van der Waals surface area (Å²) >= 11 is 0. The molecule has 0 aliphatic carbocycles. The molecular formula is C23H17N5O. The van der Waals surface area contributed by atoms with Crippen molar-refractivity contribution in [1.82, 2.24) is 14.8 Å². The van der Waals surface area contributed by atoms with E-state index in [0.717, 1.165) is 33.3 Å². The first-order valence-corrected chi connectivity index (χ1v) is 9.23. The van der Waals surface area contributed by atoms with E-state index in [9.17, 15) is 5.26 Å². The van der Waals surface area contributed by atoms with Crippen LogP contribution >= 0.6 is 0 Å². The van der Waals surface area contributed by atoms with E-state index < -0.39 is 0 Å². The minimum Gasteiger partial charge on any atom is -0.422 e. The highest BCUT2D eigenvalue weighted by molar-refractivity contribution is 5.84. The number of nitrogens with two attached hydrogens (primary N) is 1. The summed E-state index contributed by atoms with van der Waals surface area (Å²) in [6, 6.07) is 20.2. The lowest BCUT2D eigenvalue weighted by molar-refractivity contribution is 0.367. The molecule has 2 N–H and O–H groups in total. The average Bonchev–Trinajstić information content (AvgIpc) is 3.08. The van der Waals surface area contributed by atoms with Gasteiger partial charge in [-0.05, 0) is 47.5 Å². The first-order valence-electron chi connectivity index (χ1n) is 9.23. The maximum absolute atomic E-state index is 9.74. The van der Waals surface area contributed by atoms with Gasteiger partial charge in [-0.2, -0.15) is 10.4 Å². The van der Waals surface area contributed by atoms with Crippen molar-refractivity contribution in [1.29, 1.82) is 5.26 Å². The van der Waals surface area contributed by atoms with Crippen LogP contribution in [0, 0.1) is 18.3 Å². The highest BCUT2D eigenvalue weighted by Gasteiger charge is 2.36. The Labute approximate surface area is 167 Å². The predicted octanol–water partition coefficient (Wildman–Crippen LogP) is 3.95. The normalized spacial score (nSPS) is 15.7. The number of hydrogen-bond donors (Lipinski definition) is 1. The van der Waals surface area contributed by atoms with Gasteiger partial charge in [-0.1, -0.05) is 30.3 Å². The van der Waals surface area contributed by atoms with Crippen LogP contribution in [0.3, 0.4) is 0 Å². The third kappa shape index (κ3) is 2.64. The number of allylic oxidation sites excluding steroid dienone is 1. The van der Waals surface area contributed by atoms with E-state index in [-0.39, 0.29) is 11.8 Å². The van der Waals surface area contributed by atoms with Crippen LogP contribution in [0.1, 0.15) is 22.7 Å². The molecule has 2 aromatic carbocycles. The van der Waals surface area contributed by atoms with E-state index in [1.165, 1.54) is 0 Å². The van der Waals surface area contributed by atoms with Crippen molar-refractivity contribution in [2.24, 2.45) is 5.73 Å². The third-order valence-corrected chi connectivity index (χ3v) is 5.25. The number of hydrogen-bond acceptors (Lipinski definition) is 5. The fourth-order valence-corrected chi connectivity index (χ4v) is 3.89. The largest absolute Gasteiger partial charge is 0.422 e. The van der Waals surface area contributed by atoms with Gasteiger partial charge in [0.25, 0.3) is 0 Å². The number of benzene rings is 2. The fourth-order valence-electron chi connectivity index (χ4n) is 3.89. The number of aryl methyl sites for hydroxylation is 1. The number of ether oxygens (including phenoxy) is 1. The zero-order chi connectivity index (χ0) is 20.0. The first-order chi connectivity index (χ1) is 14.2. The Morgan fingerprint density at radius 1 is 1.07 bits per heavy atom. The third-order valence-electron chi connectivity index (χ3n) is 5.25. The van der Waals surface area contributed by atoms with Gasteiger partial charge >= 0.3 is 0 Å². The van der Waals surface area contributed by atoms with Crippen molar-refractivity contribution in [3.05, 3.63) is 95.3 Å². The molecule has 0 amide bonds. The lowest BCUT2D eigenvalue weighted by Gasteiger charge is -2.24. The Hall–Kier alpha value is -4.11. The molecular weight excluding hydrogens is 362 g/mol. The number of pyridine rings is 1. The van der Waals surface area contributed by atoms with E-state index in [1.807, 2.05) is 37.3 Å². The summed E-state index contributed by atoms with van der Waals surface area (Å²) in [5.74, 6) is 0.292. The number of aromatic nitrogens is 3. The molecule has 0 bridgehead atoms. The summed E-state index contributed by atoms with van der Waals surface area (Å²) in [4.78, 5) is 4.09. The zero-order valence-corrected chi connectivity index (χ0v) is 15.7. The predicted molar refractivity (Wildman–Crippen MR) is 109 cm³/mol. The number of fused-ring (bicyclic) bond motifs is 2. The molecule has 6 nitrogen and oxygen atoms in total. The van der Waals surface area contributed by atoms with Crippen LogP contribution in [0.25, 0.3) is 16.5 Å². The molecule has 29 heavy (non-hydrogen) atoms. The minimum atomic E-state index is -0.346. The molecule has 1 atom stereocenters. The maximum atomic E-state index is 9.74. The molecule has 0 spiro atoms. The second-order valence-corrected chi connectivity index (χ2v) is 6.95. The van der Waals surface area contributed by atoms with Gasteiger partial charge < -0.3 is 10.5 Å². The van der Waals surface area contributed by atoms with Crippen LogP contribution in [0.5, 0.6) is 5.88 Å². The summed E-state index contributed by atoms with van der Waals surface area (Å²) in [6.45, 7) is 1.92. The molecule has 2 aromatic heterocycles. The lowest BCUT2D eigenvalue weighted by Crippen LogP contribution is -2.22. The van der Waals surface area contributed by atoms with E-state index in [2.05, 4.69) is 35.3 Å². The standard InChI is InChI=1S/C23H17N5O/c1-14-20-21(16-8-10-26-11-9-16)19(13-24)22(25)29-23(20)28(27-14)18-7-6-15-4-2-3-5-17(15)12-18/h2-12,21H,25H2,1H3/t21-/m1/s1. The molecule has 0 radical (unpaired) electrons. The number of nitrogens with zero attached hydrogens (tertiary/aromatic N) is 4. The monoisotopic (exact) mass is 379 g/mol. The second-order valence-electron chi connectivity index (χ2n) is 6.95. The van der Waals surface area contributed by atoms with Crippen molar-refractivity contribution >= 4 is 10.8 Å². The van der Waals surface area contributed by atoms with Gasteiger partial charge in [-0.15, -0.1) is 0 Å². The van der Waals surface area contributed by atoms with E-state index in [0.29, 0.717) is 11.5 Å². The Morgan fingerprint density at radius 3 is 2.59 bits per heavy atom. The molecule has 1 aliphatic rings. The minimum absolute atomic E-state index is 0.101. The number of rotatable bonds is 2. The Bertz CT molecular complexity index is 1310. The summed E-state index contributed by atoms with van der Waals surface area (Å²) in [5.41, 5.74) is 9.96. The van der Waals surface area contributed by atoms with Crippen molar-refractivity contribution in [2.75, 3.05) is 0 Å². The molecule has 0 saturated heterocycles. The number of nitriles is 1. The molecule has 3 heterocycles. The van der Waals surface area contributed by atoms with Crippen LogP contribution in [-0.4, -0.2) is 14.8 Å². The molecule has 1 aliphatic heterocycles. The molecule has 0 unspecified atom stereocenters. The first kappa shape index (κ1) is 17.0. The van der Waals surface area contributed by atoms with Crippen molar-refractivity contribution < 1.29 is 4.74 Å². The summed E-state index contributed by atoms with van der Waals surface area (Å²) in [5, 5.41) is 16.7. The van der Waals surface area contributed by atoms with Gasteiger partial charge in [-0.25, -0.2) is 4.68 Å². The molecule has 5 rings (SSSR count). The molecule has 140 valence electrons. The summed E-state index contributed by atoms with van der Waals surface area (Å²) < 4.78 is 7.68. The van der Waals surface area contributed by atoms with Crippen LogP contribution in [0.2, 0.25) is 0 Å². The fraction of sp³-hybridized carbons (Fsp3) is 0.0870. The van der Waals surface area contributed by atoms with Gasteiger partial charge in [0.2, 0.25) is 11.8 Å². The summed E-state index contributed by atoms with van der Waals surface area (Å²) in [7, 11) is 0. The topological polar surface area (TPSA) is 89.8 Å². The Kier molecular flexibility index (Phi) is 3.81. The quantitative estimate of drug-likeness (QED) is 0.570. The van der Waals surface area contributed by atoms with Crippen molar-refractivity contribution in [3.8, 4) is 17.6 Å². The SMILES string of the molecule is Cc1nn(-c2ccc3ccccc3c2)c2c1[C@H](c1ccncc1)C(C#N)=C(N)O2. The maximum Gasteiger partial charge on any atom is 0.229 e. The van der Waals surface area contributed by atoms with E-state index in [1.54, 1.807) is 17.1 Å². The highest BCUT2D eigenvalue weighted by Crippen LogP contribution is 2.44. The molecule has 6 heteroatoms. The van der Waals surface area contributed by atoms with Gasteiger partial charge in [-0.3, -0.25) is 4.98 Å². The van der Waals surface area contributed by atoms with Gasteiger partial charge in [0.15, 0.2) is 0 Å². The smallest absolute Gasteiger partial charge is 0.229 e. The molecule has 0 fully saturated rings.